The van der Waals surface area contributed by atoms with Gasteiger partial charge in [-0.2, -0.15) is 0 Å². The van der Waals surface area contributed by atoms with Gasteiger partial charge in [-0.3, -0.25) is 0 Å². The van der Waals surface area contributed by atoms with Gasteiger partial charge < -0.3 is 9.84 Å². The Morgan fingerprint density at radius 2 is 2.00 bits per heavy atom. The number of aliphatic hydroxyl groups is 1. The molecule has 0 heterocycles. The maximum atomic E-state index is 12.6. The van der Waals surface area contributed by atoms with Crippen molar-refractivity contribution in [1.82, 2.24) is 0 Å². The molecule has 1 atom stereocenters. The van der Waals surface area contributed by atoms with E-state index in [0.29, 0.717) is 26.1 Å². The molecule has 0 saturated heterocycles. The first-order chi connectivity index (χ1) is 7.33. The molecule has 1 aromatic carbocycles. The van der Waals surface area contributed by atoms with Crippen molar-refractivity contribution in [2.24, 2.45) is 0 Å². The summed E-state index contributed by atoms with van der Waals surface area (Å²) in [6.07, 6.45) is -0.0924. The summed E-state index contributed by atoms with van der Waals surface area (Å²) in [5.41, 5.74) is 1.12. The number of hydrogen-bond donors (Lipinski definition) is 1. The second kappa shape index (κ2) is 7.37. The minimum absolute atomic E-state index is 0.366. The lowest BCUT2D eigenvalue weighted by atomic mass is 10.2. The third-order valence-electron chi connectivity index (χ3n) is 2.12. The van der Waals surface area contributed by atoms with Gasteiger partial charge in [0.1, 0.15) is 6.17 Å². The molecule has 3 heteroatoms. The van der Waals surface area contributed by atoms with Gasteiger partial charge in [-0.25, -0.2) is 4.39 Å². The average molecular weight is 212 g/mol. The highest BCUT2D eigenvalue weighted by Gasteiger charge is 2.02. The zero-order chi connectivity index (χ0) is 10.9. The van der Waals surface area contributed by atoms with Gasteiger partial charge in [0.2, 0.25) is 0 Å². The summed E-state index contributed by atoms with van der Waals surface area (Å²) >= 11 is 0. The van der Waals surface area contributed by atoms with Gasteiger partial charge >= 0.3 is 0 Å². The average Bonchev–Trinajstić information content (AvgIpc) is 2.29. The van der Waals surface area contributed by atoms with Crippen LogP contribution in [0.2, 0.25) is 0 Å². The zero-order valence-corrected chi connectivity index (χ0v) is 8.73. The fourth-order valence-corrected chi connectivity index (χ4v) is 1.26. The van der Waals surface area contributed by atoms with Crippen LogP contribution in [0.5, 0.6) is 0 Å². The minimum atomic E-state index is -1.11. The van der Waals surface area contributed by atoms with Gasteiger partial charge in [0, 0.05) is 6.61 Å². The molecule has 1 rings (SSSR count). The molecule has 1 aromatic rings. The number of hydrogen-bond acceptors (Lipinski definition) is 2. The quantitative estimate of drug-likeness (QED) is 0.703. The molecule has 0 fully saturated rings. The smallest absolute Gasteiger partial charge is 0.123 e. The highest BCUT2D eigenvalue weighted by Crippen LogP contribution is 2.04. The summed E-state index contributed by atoms with van der Waals surface area (Å²) in [4.78, 5) is 0. The lowest BCUT2D eigenvalue weighted by Crippen LogP contribution is -2.07. The van der Waals surface area contributed by atoms with Crippen molar-refractivity contribution in [1.29, 1.82) is 0 Å². The predicted octanol–water partition coefficient (Wildman–Crippen LogP) is 2.31. The zero-order valence-electron chi connectivity index (χ0n) is 8.73. The Morgan fingerprint density at radius 3 is 2.67 bits per heavy atom. The lowest BCUT2D eigenvalue weighted by Gasteiger charge is -2.05. The monoisotopic (exact) mass is 212 g/mol. The molecule has 0 radical (unpaired) electrons. The van der Waals surface area contributed by atoms with Crippen LogP contribution in [0, 0.1) is 0 Å². The van der Waals surface area contributed by atoms with Crippen LogP contribution in [0.3, 0.4) is 0 Å². The summed E-state index contributed by atoms with van der Waals surface area (Å²) < 4.78 is 17.9. The second-order valence-electron chi connectivity index (χ2n) is 3.46. The molecule has 0 aliphatic rings. The first-order valence-corrected chi connectivity index (χ1v) is 5.19. The largest absolute Gasteiger partial charge is 0.393 e. The van der Waals surface area contributed by atoms with Crippen molar-refractivity contribution < 1.29 is 14.2 Å². The molecule has 0 spiro atoms. The Kier molecular flexibility index (Phi) is 5.97. The molecule has 0 amide bonds. The van der Waals surface area contributed by atoms with Gasteiger partial charge in [-0.05, 0) is 18.4 Å². The van der Waals surface area contributed by atoms with Crippen molar-refractivity contribution in [3.63, 3.8) is 0 Å². The van der Waals surface area contributed by atoms with Gasteiger partial charge in [-0.15, -0.1) is 0 Å². The Morgan fingerprint density at radius 1 is 1.27 bits per heavy atom. The maximum absolute atomic E-state index is 12.6. The molecule has 0 aliphatic carbocycles. The van der Waals surface area contributed by atoms with E-state index in [1.165, 1.54) is 0 Å². The van der Waals surface area contributed by atoms with Crippen molar-refractivity contribution in [3.8, 4) is 0 Å². The number of benzene rings is 1. The number of rotatable bonds is 7. The van der Waals surface area contributed by atoms with Crippen LogP contribution in [0.1, 0.15) is 18.4 Å². The lowest BCUT2D eigenvalue weighted by molar-refractivity contribution is 0.102. The second-order valence-corrected chi connectivity index (χ2v) is 3.46. The molecule has 0 saturated carbocycles. The van der Waals surface area contributed by atoms with E-state index in [1.54, 1.807) is 0 Å². The summed E-state index contributed by atoms with van der Waals surface area (Å²) in [7, 11) is 0. The van der Waals surface area contributed by atoms with Crippen molar-refractivity contribution in [2.45, 2.75) is 25.6 Å². The van der Waals surface area contributed by atoms with E-state index < -0.39 is 12.8 Å². The van der Waals surface area contributed by atoms with Gasteiger partial charge in [0.25, 0.3) is 0 Å². The molecular formula is C12H17FO2. The fraction of sp³-hybridized carbons (Fsp3) is 0.500. The normalized spacial score (nSPS) is 12.7. The highest BCUT2D eigenvalue weighted by molar-refractivity contribution is 5.13. The van der Waals surface area contributed by atoms with E-state index in [4.69, 9.17) is 9.84 Å². The van der Waals surface area contributed by atoms with Crippen LogP contribution < -0.4 is 0 Å². The summed E-state index contributed by atoms with van der Waals surface area (Å²) in [5.74, 6) is 0. The van der Waals surface area contributed by atoms with Crippen LogP contribution in [0.25, 0.3) is 0 Å². The molecule has 84 valence electrons. The Bertz CT molecular complexity index is 251. The molecule has 1 N–H and O–H groups in total. The summed E-state index contributed by atoms with van der Waals surface area (Å²) in [6.45, 7) is 0.713. The van der Waals surface area contributed by atoms with E-state index >= 15 is 0 Å². The fourth-order valence-electron chi connectivity index (χ4n) is 1.26. The topological polar surface area (TPSA) is 29.5 Å². The molecule has 15 heavy (non-hydrogen) atoms. The van der Waals surface area contributed by atoms with E-state index in [2.05, 4.69) is 0 Å². The molecule has 0 unspecified atom stereocenters. The van der Waals surface area contributed by atoms with Crippen LogP contribution in [-0.4, -0.2) is 24.5 Å². The number of alkyl halides is 1. The summed E-state index contributed by atoms with van der Waals surface area (Å²) in [5, 5.41) is 8.45. The minimum Gasteiger partial charge on any atom is -0.393 e. The van der Waals surface area contributed by atoms with Crippen LogP contribution in [-0.2, 0) is 11.3 Å². The first-order valence-electron chi connectivity index (χ1n) is 5.19. The third-order valence-corrected chi connectivity index (χ3v) is 2.12. The number of aliphatic hydroxyl groups excluding tert-OH is 1. The van der Waals surface area contributed by atoms with E-state index in [-0.39, 0.29) is 0 Å². The van der Waals surface area contributed by atoms with Gasteiger partial charge in [0.05, 0.1) is 13.2 Å². The van der Waals surface area contributed by atoms with Gasteiger partial charge in [-0.1, -0.05) is 30.3 Å². The highest BCUT2D eigenvalue weighted by atomic mass is 19.1. The first kappa shape index (κ1) is 12.1. The number of ether oxygens (including phenoxy) is 1. The Hall–Kier alpha value is -0.930. The van der Waals surface area contributed by atoms with E-state index in [9.17, 15) is 4.39 Å². The summed E-state index contributed by atoms with van der Waals surface area (Å²) in [6, 6.07) is 9.86. The Labute approximate surface area is 89.7 Å². The van der Waals surface area contributed by atoms with Crippen molar-refractivity contribution in [3.05, 3.63) is 35.9 Å². The van der Waals surface area contributed by atoms with Gasteiger partial charge in [0.15, 0.2) is 0 Å². The van der Waals surface area contributed by atoms with Crippen LogP contribution >= 0.6 is 0 Å². The van der Waals surface area contributed by atoms with Crippen molar-refractivity contribution >= 4 is 0 Å². The van der Waals surface area contributed by atoms with Crippen LogP contribution in [0.15, 0.2) is 30.3 Å². The number of halogens is 1. The van der Waals surface area contributed by atoms with Crippen molar-refractivity contribution in [2.75, 3.05) is 13.2 Å². The molecular weight excluding hydrogens is 195 g/mol. The third kappa shape index (κ3) is 5.50. The van der Waals surface area contributed by atoms with Crippen LogP contribution in [0.4, 0.5) is 4.39 Å². The maximum Gasteiger partial charge on any atom is 0.123 e. The van der Waals surface area contributed by atoms with E-state index in [1.807, 2.05) is 30.3 Å². The predicted molar refractivity (Wildman–Crippen MR) is 57.3 cm³/mol. The van der Waals surface area contributed by atoms with E-state index in [0.717, 1.165) is 5.56 Å². The molecule has 0 bridgehead atoms. The molecule has 0 aliphatic heterocycles. The molecule has 2 nitrogen and oxygen atoms in total. The standard InChI is InChI=1S/C12H17FO2/c13-12(9-14)7-4-8-15-10-11-5-2-1-3-6-11/h1-3,5-6,12,14H,4,7-10H2/t12-/m0/s1. The SMILES string of the molecule is OC[C@@H](F)CCCOCc1ccccc1. The molecule has 0 aromatic heterocycles. The Balaban J connectivity index is 2.03.